The van der Waals surface area contributed by atoms with E-state index in [9.17, 15) is 5.11 Å². The van der Waals surface area contributed by atoms with Gasteiger partial charge < -0.3 is 15.2 Å². The van der Waals surface area contributed by atoms with Crippen LogP contribution in [0.2, 0.25) is 0 Å². The Morgan fingerprint density at radius 1 is 1.21 bits per heavy atom. The molecule has 1 aliphatic carbocycles. The number of nitrogens with zero attached hydrogens (tertiary/aromatic N) is 4. The van der Waals surface area contributed by atoms with Crippen LogP contribution in [0.15, 0.2) is 30.6 Å². The molecule has 0 spiro atoms. The van der Waals surface area contributed by atoms with Crippen LogP contribution in [0, 0.1) is 6.92 Å². The number of aryl methyl sites for hydroxylation is 1. The molecule has 7 heteroatoms. The maximum atomic E-state index is 9.93. The predicted octanol–water partition coefficient (Wildman–Crippen LogP) is 3.57. The zero-order valence-electron chi connectivity index (χ0n) is 17.3. The van der Waals surface area contributed by atoms with Crippen LogP contribution in [0.5, 0.6) is 0 Å². The number of anilines is 1. The van der Waals surface area contributed by atoms with Crippen LogP contribution in [-0.4, -0.2) is 50.6 Å². The Kier molecular flexibility index (Phi) is 5.78. The van der Waals surface area contributed by atoms with Crippen LogP contribution in [0.1, 0.15) is 49.9 Å². The normalized spacial score (nSPS) is 20.7. The highest BCUT2D eigenvalue weighted by atomic mass is 16.5. The molecule has 3 heterocycles. The molecule has 1 atom stereocenters. The van der Waals surface area contributed by atoms with Gasteiger partial charge in [-0.15, -0.1) is 5.10 Å². The molecule has 3 aromatic rings. The molecule has 29 heavy (non-hydrogen) atoms. The largest absolute Gasteiger partial charge is 0.393 e. The molecular weight excluding hydrogens is 366 g/mol. The van der Waals surface area contributed by atoms with Gasteiger partial charge in [-0.05, 0) is 51.7 Å². The van der Waals surface area contributed by atoms with Gasteiger partial charge in [0.25, 0.3) is 0 Å². The van der Waals surface area contributed by atoms with E-state index in [2.05, 4.69) is 27.4 Å². The van der Waals surface area contributed by atoms with Gasteiger partial charge in [-0.25, -0.2) is 9.50 Å². The quantitative estimate of drug-likeness (QED) is 0.664. The number of pyridine rings is 1. The first-order valence-corrected chi connectivity index (χ1v) is 10.3. The third-order valence-electron chi connectivity index (χ3n) is 5.67. The van der Waals surface area contributed by atoms with Gasteiger partial charge in [0.1, 0.15) is 0 Å². The second-order valence-electron chi connectivity index (χ2n) is 8.06. The highest BCUT2D eigenvalue weighted by Crippen LogP contribution is 2.37. The number of nitrogens with one attached hydrogen (secondary N) is 1. The van der Waals surface area contributed by atoms with Crippen LogP contribution < -0.4 is 5.32 Å². The maximum absolute atomic E-state index is 9.93. The number of aliphatic hydroxyl groups is 1. The smallest absolute Gasteiger partial charge is 0.241 e. The second-order valence-corrected chi connectivity index (χ2v) is 8.06. The minimum atomic E-state index is -0.181. The van der Waals surface area contributed by atoms with Crippen molar-refractivity contribution in [1.82, 2.24) is 19.6 Å². The van der Waals surface area contributed by atoms with Gasteiger partial charge in [-0.3, -0.25) is 4.98 Å². The second kappa shape index (κ2) is 8.47. The number of rotatable bonds is 6. The number of fused-ring (bicyclic) bond motifs is 1. The maximum Gasteiger partial charge on any atom is 0.241 e. The van der Waals surface area contributed by atoms with E-state index in [0.717, 1.165) is 48.0 Å². The van der Waals surface area contributed by atoms with Crippen molar-refractivity contribution in [3.63, 3.8) is 0 Å². The molecule has 7 nitrogen and oxygen atoms in total. The Hall–Kier alpha value is -2.51. The van der Waals surface area contributed by atoms with E-state index < -0.39 is 0 Å². The van der Waals surface area contributed by atoms with Crippen molar-refractivity contribution < 1.29 is 9.84 Å². The summed E-state index contributed by atoms with van der Waals surface area (Å²) in [6, 6.07) is 6.46. The molecule has 0 aliphatic heterocycles. The molecule has 4 rings (SSSR count). The zero-order valence-corrected chi connectivity index (χ0v) is 17.3. The minimum absolute atomic E-state index is 0.113. The number of hydrogen-bond donors (Lipinski definition) is 2. The summed E-state index contributed by atoms with van der Waals surface area (Å²) in [6.45, 7) is 4.61. The Morgan fingerprint density at radius 2 is 2.00 bits per heavy atom. The summed E-state index contributed by atoms with van der Waals surface area (Å²) in [5, 5.41) is 18.0. The molecule has 0 bridgehead atoms. The first-order valence-electron chi connectivity index (χ1n) is 10.3. The summed E-state index contributed by atoms with van der Waals surface area (Å²) in [4.78, 5) is 9.01. The summed E-state index contributed by atoms with van der Waals surface area (Å²) in [6.07, 6.45) is 7.20. The number of aromatic nitrogens is 4. The van der Waals surface area contributed by atoms with E-state index in [1.807, 2.05) is 36.8 Å². The average Bonchev–Trinajstić information content (AvgIpc) is 3.08. The highest BCUT2D eigenvalue weighted by molar-refractivity contribution is 5.81. The molecule has 3 aromatic heterocycles. The fourth-order valence-electron chi connectivity index (χ4n) is 4.11. The molecule has 154 valence electrons. The standard InChI is InChI=1S/C22H29N5O2/c1-14-4-5-17(11-23-14)19-10-20(16-6-8-18(28)9-7-16)27-21(19)12-24-22(26-27)25-15(2)13-29-3/h4-5,10-12,15-16,18,28H,6-9,13H2,1-3H3,(H,25,26)/t15-,16-,18-/m0/s1. The van der Waals surface area contributed by atoms with E-state index >= 15 is 0 Å². The number of hydrogen-bond acceptors (Lipinski definition) is 6. The Morgan fingerprint density at radius 3 is 2.69 bits per heavy atom. The van der Waals surface area contributed by atoms with Crippen molar-refractivity contribution in [2.75, 3.05) is 19.0 Å². The van der Waals surface area contributed by atoms with E-state index in [1.165, 1.54) is 5.69 Å². The molecule has 0 unspecified atom stereocenters. The van der Waals surface area contributed by atoms with Gasteiger partial charge in [0.15, 0.2) is 0 Å². The monoisotopic (exact) mass is 395 g/mol. The lowest BCUT2D eigenvalue weighted by molar-refractivity contribution is 0.121. The Labute approximate surface area is 171 Å². The summed E-state index contributed by atoms with van der Waals surface area (Å²) in [5.74, 6) is 0.959. The topological polar surface area (TPSA) is 84.6 Å². The summed E-state index contributed by atoms with van der Waals surface area (Å²) in [7, 11) is 1.69. The fraction of sp³-hybridized carbons (Fsp3) is 0.500. The van der Waals surface area contributed by atoms with Crippen molar-refractivity contribution in [1.29, 1.82) is 0 Å². The molecule has 1 aliphatic rings. The minimum Gasteiger partial charge on any atom is -0.393 e. The lowest BCUT2D eigenvalue weighted by atomic mass is 9.85. The van der Waals surface area contributed by atoms with Crippen LogP contribution in [-0.2, 0) is 4.74 Å². The van der Waals surface area contributed by atoms with Crippen molar-refractivity contribution in [3.05, 3.63) is 42.0 Å². The van der Waals surface area contributed by atoms with Crippen LogP contribution >= 0.6 is 0 Å². The first-order chi connectivity index (χ1) is 14.0. The lowest BCUT2D eigenvalue weighted by Crippen LogP contribution is -2.23. The number of methoxy groups -OCH3 is 1. The predicted molar refractivity (Wildman–Crippen MR) is 113 cm³/mol. The molecule has 1 saturated carbocycles. The van der Waals surface area contributed by atoms with E-state index in [0.29, 0.717) is 18.5 Å². The third-order valence-corrected chi connectivity index (χ3v) is 5.67. The SMILES string of the molecule is COC[C@H](C)Nc1ncc2c(-c3ccc(C)nc3)cc([C@H]3CC[C@H](O)CC3)n2n1. The molecule has 0 radical (unpaired) electrons. The summed E-state index contributed by atoms with van der Waals surface area (Å²) < 4.78 is 7.23. The Balaban J connectivity index is 1.76. The van der Waals surface area contributed by atoms with Crippen molar-refractivity contribution >= 4 is 11.5 Å². The Bertz CT molecular complexity index is 961. The van der Waals surface area contributed by atoms with Crippen LogP contribution in [0.25, 0.3) is 16.6 Å². The van der Waals surface area contributed by atoms with Crippen LogP contribution in [0.3, 0.4) is 0 Å². The molecule has 1 fully saturated rings. The number of ether oxygens (including phenoxy) is 1. The first kappa shape index (κ1) is 19.8. The summed E-state index contributed by atoms with van der Waals surface area (Å²) in [5.41, 5.74) is 5.30. The van der Waals surface area contributed by atoms with Crippen LogP contribution in [0.4, 0.5) is 5.95 Å². The third kappa shape index (κ3) is 4.26. The van der Waals surface area contributed by atoms with Crippen molar-refractivity contribution in [3.8, 4) is 11.1 Å². The average molecular weight is 396 g/mol. The summed E-state index contributed by atoms with van der Waals surface area (Å²) >= 11 is 0. The van der Waals surface area contributed by atoms with E-state index in [1.54, 1.807) is 7.11 Å². The van der Waals surface area contributed by atoms with Gasteiger partial charge >= 0.3 is 0 Å². The van der Waals surface area contributed by atoms with Crippen molar-refractivity contribution in [2.24, 2.45) is 0 Å². The van der Waals surface area contributed by atoms with E-state index in [4.69, 9.17) is 9.84 Å². The molecule has 0 amide bonds. The van der Waals surface area contributed by atoms with Gasteiger partial charge in [-0.2, -0.15) is 0 Å². The fourth-order valence-corrected chi connectivity index (χ4v) is 4.11. The van der Waals surface area contributed by atoms with Gasteiger partial charge in [0.05, 0.1) is 24.4 Å². The zero-order chi connectivity index (χ0) is 20.4. The van der Waals surface area contributed by atoms with Gasteiger partial charge in [0, 0.05) is 47.8 Å². The van der Waals surface area contributed by atoms with Gasteiger partial charge in [0.2, 0.25) is 5.95 Å². The molecule has 0 saturated heterocycles. The highest BCUT2D eigenvalue weighted by Gasteiger charge is 2.25. The molecule has 0 aromatic carbocycles. The van der Waals surface area contributed by atoms with Gasteiger partial charge in [-0.1, -0.05) is 6.07 Å². The van der Waals surface area contributed by atoms with Crippen molar-refractivity contribution in [2.45, 2.75) is 57.6 Å². The molecule has 2 N–H and O–H groups in total. The number of aliphatic hydroxyl groups excluding tert-OH is 1. The molecular formula is C22H29N5O2. The van der Waals surface area contributed by atoms with E-state index in [-0.39, 0.29) is 12.1 Å². The lowest BCUT2D eigenvalue weighted by Gasteiger charge is -2.25.